The number of benzene rings is 1. The highest BCUT2D eigenvalue weighted by molar-refractivity contribution is 5.95. The largest absolute Gasteiger partial charge is 0.352 e. The van der Waals surface area contributed by atoms with Gasteiger partial charge in [0.1, 0.15) is 0 Å². The van der Waals surface area contributed by atoms with Crippen LogP contribution in [0.1, 0.15) is 48.8 Å². The standard InChI is InChI=1S/C18H25N3O/c1-5-17-16(18(22)19-11-10-13(2)3)12-20-21(17)15-8-6-14(4)7-9-15/h6-9,12-13H,5,10-11H2,1-4H3,(H,19,22). The summed E-state index contributed by atoms with van der Waals surface area (Å²) in [6.07, 6.45) is 3.42. The van der Waals surface area contributed by atoms with Crippen molar-refractivity contribution >= 4 is 5.91 Å². The monoisotopic (exact) mass is 299 g/mol. The van der Waals surface area contributed by atoms with Crippen LogP contribution in [0.15, 0.2) is 30.5 Å². The third-order valence-electron chi connectivity index (χ3n) is 3.73. The van der Waals surface area contributed by atoms with Crippen LogP contribution in [0, 0.1) is 12.8 Å². The molecular weight excluding hydrogens is 274 g/mol. The number of carbonyl (C=O) groups is 1. The van der Waals surface area contributed by atoms with Crippen LogP contribution in [-0.4, -0.2) is 22.2 Å². The topological polar surface area (TPSA) is 46.9 Å². The summed E-state index contributed by atoms with van der Waals surface area (Å²) in [6.45, 7) is 9.11. The number of aryl methyl sites for hydroxylation is 1. The van der Waals surface area contributed by atoms with Crippen molar-refractivity contribution in [1.29, 1.82) is 0 Å². The Morgan fingerprint density at radius 2 is 1.95 bits per heavy atom. The van der Waals surface area contributed by atoms with Crippen LogP contribution in [0.25, 0.3) is 5.69 Å². The summed E-state index contributed by atoms with van der Waals surface area (Å²) in [5.74, 6) is 0.553. The Kier molecular flexibility index (Phi) is 5.36. The summed E-state index contributed by atoms with van der Waals surface area (Å²) in [6, 6.07) is 8.17. The van der Waals surface area contributed by atoms with Crippen molar-refractivity contribution in [3.63, 3.8) is 0 Å². The molecule has 4 nitrogen and oxygen atoms in total. The van der Waals surface area contributed by atoms with E-state index in [0.717, 1.165) is 24.2 Å². The van der Waals surface area contributed by atoms with E-state index in [1.807, 2.05) is 23.7 Å². The molecule has 1 heterocycles. The van der Waals surface area contributed by atoms with Gasteiger partial charge in [0.25, 0.3) is 5.91 Å². The smallest absolute Gasteiger partial charge is 0.254 e. The maximum atomic E-state index is 12.3. The quantitative estimate of drug-likeness (QED) is 0.887. The van der Waals surface area contributed by atoms with Gasteiger partial charge < -0.3 is 5.32 Å². The third-order valence-corrected chi connectivity index (χ3v) is 3.73. The van der Waals surface area contributed by atoms with E-state index in [2.05, 4.69) is 43.3 Å². The molecule has 0 unspecified atom stereocenters. The second-order valence-corrected chi connectivity index (χ2v) is 6.04. The van der Waals surface area contributed by atoms with Gasteiger partial charge in [0.05, 0.1) is 23.1 Å². The zero-order valence-electron chi connectivity index (χ0n) is 13.9. The highest BCUT2D eigenvalue weighted by Gasteiger charge is 2.16. The zero-order chi connectivity index (χ0) is 16.1. The molecule has 1 amide bonds. The minimum Gasteiger partial charge on any atom is -0.352 e. The van der Waals surface area contributed by atoms with Gasteiger partial charge in [-0.05, 0) is 37.8 Å². The molecule has 0 aliphatic rings. The highest BCUT2D eigenvalue weighted by atomic mass is 16.1. The Bertz CT molecular complexity index is 626. The zero-order valence-corrected chi connectivity index (χ0v) is 13.9. The van der Waals surface area contributed by atoms with E-state index in [1.54, 1.807) is 6.20 Å². The second-order valence-electron chi connectivity index (χ2n) is 6.04. The minimum absolute atomic E-state index is 0.0316. The van der Waals surface area contributed by atoms with E-state index in [-0.39, 0.29) is 5.91 Å². The van der Waals surface area contributed by atoms with E-state index in [0.29, 0.717) is 18.0 Å². The van der Waals surface area contributed by atoms with Gasteiger partial charge in [-0.1, -0.05) is 38.5 Å². The molecule has 1 aromatic carbocycles. The summed E-state index contributed by atoms with van der Waals surface area (Å²) in [7, 11) is 0. The van der Waals surface area contributed by atoms with Crippen LogP contribution in [0.3, 0.4) is 0 Å². The normalized spacial score (nSPS) is 11.0. The predicted octanol–water partition coefficient (Wildman–Crippen LogP) is 3.52. The number of rotatable bonds is 6. The van der Waals surface area contributed by atoms with Gasteiger partial charge in [0, 0.05) is 6.54 Å². The molecule has 0 fully saturated rings. The molecule has 0 atom stereocenters. The summed E-state index contributed by atoms with van der Waals surface area (Å²) < 4.78 is 1.86. The Morgan fingerprint density at radius 3 is 2.55 bits per heavy atom. The molecule has 2 rings (SSSR count). The van der Waals surface area contributed by atoms with Crippen LogP contribution in [-0.2, 0) is 6.42 Å². The SMILES string of the molecule is CCc1c(C(=O)NCCC(C)C)cnn1-c1ccc(C)cc1. The van der Waals surface area contributed by atoms with Crippen LogP contribution >= 0.6 is 0 Å². The van der Waals surface area contributed by atoms with Crippen molar-refractivity contribution in [3.8, 4) is 5.69 Å². The van der Waals surface area contributed by atoms with Gasteiger partial charge in [-0.3, -0.25) is 4.79 Å². The molecule has 0 saturated carbocycles. The van der Waals surface area contributed by atoms with Gasteiger partial charge in [-0.15, -0.1) is 0 Å². The van der Waals surface area contributed by atoms with E-state index >= 15 is 0 Å². The Hall–Kier alpha value is -2.10. The van der Waals surface area contributed by atoms with Gasteiger partial charge in [0.15, 0.2) is 0 Å². The Labute approximate surface area is 132 Å². The minimum atomic E-state index is -0.0316. The number of hydrogen-bond acceptors (Lipinski definition) is 2. The molecule has 2 aromatic rings. The first kappa shape index (κ1) is 16.3. The average Bonchev–Trinajstić information content (AvgIpc) is 2.91. The van der Waals surface area contributed by atoms with Gasteiger partial charge in [-0.25, -0.2) is 4.68 Å². The maximum absolute atomic E-state index is 12.3. The van der Waals surface area contributed by atoms with E-state index < -0.39 is 0 Å². The number of amides is 1. The average molecular weight is 299 g/mol. The highest BCUT2D eigenvalue weighted by Crippen LogP contribution is 2.16. The van der Waals surface area contributed by atoms with E-state index in [4.69, 9.17) is 0 Å². The second kappa shape index (κ2) is 7.25. The lowest BCUT2D eigenvalue weighted by Gasteiger charge is -2.09. The molecule has 0 aliphatic carbocycles. The fourth-order valence-electron chi connectivity index (χ4n) is 2.38. The molecule has 1 N–H and O–H groups in total. The predicted molar refractivity (Wildman–Crippen MR) is 89.5 cm³/mol. The molecule has 4 heteroatoms. The molecule has 0 aliphatic heterocycles. The summed E-state index contributed by atoms with van der Waals surface area (Å²) in [5.41, 5.74) is 3.82. The first-order valence-electron chi connectivity index (χ1n) is 7.95. The first-order valence-corrected chi connectivity index (χ1v) is 7.95. The van der Waals surface area contributed by atoms with Gasteiger partial charge in [-0.2, -0.15) is 5.10 Å². The molecule has 1 aromatic heterocycles. The molecule has 0 spiro atoms. The third kappa shape index (κ3) is 3.75. The fraction of sp³-hybridized carbons (Fsp3) is 0.444. The maximum Gasteiger partial charge on any atom is 0.254 e. The lowest BCUT2D eigenvalue weighted by Crippen LogP contribution is -2.26. The molecular formula is C18H25N3O. The van der Waals surface area contributed by atoms with Crippen LogP contribution in [0.2, 0.25) is 0 Å². The molecule has 0 saturated heterocycles. The Morgan fingerprint density at radius 1 is 1.27 bits per heavy atom. The lowest BCUT2D eigenvalue weighted by atomic mass is 10.1. The van der Waals surface area contributed by atoms with Crippen LogP contribution in [0.5, 0.6) is 0 Å². The molecule has 22 heavy (non-hydrogen) atoms. The summed E-state index contributed by atoms with van der Waals surface area (Å²) >= 11 is 0. The molecule has 0 radical (unpaired) electrons. The summed E-state index contributed by atoms with van der Waals surface area (Å²) in [5, 5.41) is 7.39. The Balaban J connectivity index is 2.20. The van der Waals surface area contributed by atoms with Gasteiger partial charge in [0.2, 0.25) is 0 Å². The number of hydrogen-bond donors (Lipinski definition) is 1. The number of nitrogens with one attached hydrogen (secondary N) is 1. The molecule has 118 valence electrons. The van der Waals surface area contributed by atoms with Crippen molar-refractivity contribution in [1.82, 2.24) is 15.1 Å². The van der Waals surface area contributed by atoms with Crippen LogP contribution in [0.4, 0.5) is 0 Å². The lowest BCUT2D eigenvalue weighted by molar-refractivity contribution is 0.0951. The first-order chi connectivity index (χ1) is 10.5. The van der Waals surface area contributed by atoms with Crippen molar-refractivity contribution < 1.29 is 4.79 Å². The molecule has 0 bridgehead atoms. The van der Waals surface area contributed by atoms with Crippen molar-refractivity contribution in [2.75, 3.05) is 6.54 Å². The van der Waals surface area contributed by atoms with Crippen molar-refractivity contribution in [3.05, 3.63) is 47.3 Å². The van der Waals surface area contributed by atoms with E-state index in [1.165, 1.54) is 5.56 Å². The van der Waals surface area contributed by atoms with Crippen molar-refractivity contribution in [2.45, 2.75) is 40.5 Å². The number of carbonyl (C=O) groups excluding carboxylic acids is 1. The fourth-order valence-corrected chi connectivity index (χ4v) is 2.38. The van der Waals surface area contributed by atoms with E-state index in [9.17, 15) is 4.79 Å². The summed E-state index contributed by atoms with van der Waals surface area (Å²) in [4.78, 5) is 12.3. The number of nitrogens with zero attached hydrogens (tertiary/aromatic N) is 2. The number of aromatic nitrogens is 2. The van der Waals surface area contributed by atoms with Crippen LogP contribution < -0.4 is 5.32 Å². The van der Waals surface area contributed by atoms with Crippen molar-refractivity contribution in [2.24, 2.45) is 5.92 Å². The van der Waals surface area contributed by atoms with Gasteiger partial charge >= 0.3 is 0 Å².